The molecule has 2 heterocycles. The van der Waals surface area contributed by atoms with Crippen molar-refractivity contribution < 1.29 is 28.3 Å². The van der Waals surface area contributed by atoms with Crippen LogP contribution in [0.5, 0.6) is 0 Å². The maximum Gasteiger partial charge on any atom is 0.433 e. The predicted octanol–water partition coefficient (Wildman–Crippen LogP) is 1.46. The monoisotopic (exact) mass is 406 g/mol. The number of hydrogen-bond acceptors (Lipinski definition) is 10. The van der Waals surface area contributed by atoms with E-state index in [1.807, 2.05) is 0 Å². The third-order valence-electron chi connectivity index (χ3n) is 3.15. The number of hydrogen-bond donors (Lipinski definition) is 2. The number of carbonyl (C=O) groups is 2. The molecule has 29 heavy (non-hydrogen) atoms. The number of carbonyl (C=O) groups excluding carboxylic acids is 2. The summed E-state index contributed by atoms with van der Waals surface area (Å²) in [5, 5.41) is 28.1. The summed E-state index contributed by atoms with van der Waals surface area (Å²) < 4.78 is 9.63. The van der Waals surface area contributed by atoms with Gasteiger partial charge in [0.2, 0.25) is 11.8 Å². The lowest BCUT2D eigenvalue weighted by atomic mass is 10.2. The van der Waals surface area contributed by atoms with Gasteiger partial charge in [0.15, 0.2) is 11.5 Å². The van der Waals surface area contributed by atoms with Gasteiger partial charge in [-0.1, -0.05) is 0 Å². The summed E-state index contributed by atoms with van der Waals surface area (Å²) in [6.45, 7) is 0. The fourth-order valence-electron chi connectivity index (χ4n) is 1.88. The maximum absolute atomic E-state index is 11.6. The topological polar surface area (TPSA) is 195 Å². The van der Waals surface area contributed by atoms with Crippen LogP contribution in [0.4, 0.5) is 11.8 Å². The van der Waals surface area contributed by atoms with E-state index in [0.29, 0.717) is 0 Å². The lowest BCUT2D eigenvalue weighted by Crippen LogP contribution is -2.20. The van der Waals surface area contributed by atoms with Crippen LogP contribution in [0, 0.1) is 20.2 Å². The molecule has 0 saturated carbocycles. The number of hydrazone groups is 2. The van der Waals surface area contributed by atoms with Gasteiger partial charge in [-0.3, -0.25) is 29.8 Å². The zero-order valence-corrected chi connectivity index (χ0v) is 14.6. The first-order valence-electron chi connectivity index (χ1n) is 7.97. The number of nitrogens with one attached hydrogen (secondary N) is 2. The van der Waals surface area contributed by atoms with Crippen molar-refractivity contribution in [3.05, 3.63) is 56.0 Å². The van der Waals surface area contributed by atoms with Crippen LogP contribution in [0.2, 0.25) is 0 Å². The first kappa shape index (κ1) is 20.9. The molecule has 2 N–H and O–H groups in total. The molecule has 0 saturated heterocycles. The van der Waals surface area contributed by atoms with Crippen LogP contribution in [0.15, 0.2) is 43.3 Å². The van der Waals surface area contributed by atoms with Gasteiger partial charge in [-0.25, -0.2) is 10.9 Å². The molecule has 2 aromatic heterocycles. The van der Waals surface area contributed by atoms with Gasteiger partial charge in [-0.2, -0.15) is 10.2 Å². The highest BCUT2D eigenvalue weighted by Gasteiger charge is 2.11. The molecule has 2 aromatic rings. The molecular weight excluding hydrogens is 392 g/mol. The normalized spacial score (nSPS) is 11.0. The van der Waals surface area contributed by atoms with Crippen LogP contribution in [-0.2, 0) is 9.59 Å². The van der Waals surface area contributed by atoms with Crippen molar-refractivity contribution in [1.82, 2.24) is 10.9 Å². The van der Waals surface area contributed by atoms with Crippen LogP contribution < -0.4 is 10.9 Å². The van der Waals surface area contributed by atoms with E-state index in [0.717, 1.165) is 24.6 Å². The molecule has 14 nitrogen and oxygen atoms in total. The van der Waals surface area contributed by atoms with Crippen LogP contribution in [0.3, 0.4) is 0 Å². The summed E-state index contributed by atoms with van der Waals surface area (Å²) in [7, 11) is 0. The van der Waals surface area contributed by atoms with E-state index in [1.165, 1.54) is 12.1 Å². The van der Waals surface area contributed by atoms with Crippen molar-refractivity contribution in [2.24, 2.45) is 10.2 Å². The van der Waals surface area contributed by atoms with Crippen LogP contribution in [-0.4, -0.2) is 34.1 Å². The molecule has 0 aliphatic carbocycles. The second kappa shape index (κ2) is 10.1. The third-order valence-corrected chi connectivity index (χ3v) is 3.15. The third kappa shape index (κ3) is 7.05. The molecule has 2 rings (SSSR count). The molecule has 14 heteroatoms. The predicted molar refractivity (Wildman–Crippen MR) is 96.0 cm³/mol. The Kier molecular flexibility index (Phi) is 7.29. The van der Waals surface area contributed by atoms with Crippen molar-refractivity contribution in [3.8, 4) is 0 Å². The minimum absolute atomic E-state index is 0.00282. The second-order valence-corrected chi connectivity index (χ2v) is 5.31. The molecule has 0 aliphatic rings. The Morgan fingerprint density at radius 1 is 0.862 bits per heavy atom. The molecule has 0 unspecified atom stereocenters. The van der Waals surface area contributed by atoms with Crippen molar-refractivity contribution in [2.45, 2.75) is 19.3 Å². The number of rotatable bonds is 10. The zero-order chi connectivity index (χ0) is 21.2. The Balaban J connectivity index is 1.63. The maximum atomic E-state index is 11.6. The van der Waals surface area contributed by atoms with E-state index < -0.39 is 33.4 Å². The summed E-state index contributed by atoms with van der Waals surface area (Å²) in [4.78, 5) is 42.7. The minimum atomic E-state index is -0.705. The first-order chi connectivity index (χ1) is 13.8. The largest absolute Gasteiger partial charge is 0.433 e. The lowest BCUT2D eigenvalue weighted by Gasteiger charge is -2.00. The molecule has 0 fully saturated rings. The van der Waals surface area contributed by atoms with Gasteiger partial charge < -0.3 is 8.83 Å². The number of nitrogens with zero attached hydrogens (tertiary/aromatic N) is 4. The number of furan rings is 2. The van der Waals surface area contributed by atoms with Crippen LogP contribution in [0.1, 0.15) is 30.8 Å². The molecule has 0 bridgehead atoms. The highest BCUT2D eigenvalue weighted by atomic mass is 16.7. The smallest absolute Gasteiger partial charge is 0.400 e. The highest BCUT2D eigenvalue weighted by molar-refractivity contribution is 5.82. The van der Waals surface area contributed by atoms with E-state index in [9.17, 15) is 29.8 Å². The fourth-order valence-corrected chi connectivity index (χ4v) is 1.88. The summed E-state index contributed by atoms with van der Waals surface area (Å²) in [5.74, 6) is -1.65. The van der Waals surface area contributed by atoms with Gasteiger partial charge in [0, 0.05) is 12.8 Å². The number of amides is 2. The van der Waals surface area contributed by atoms with Crippen molar-refractivity contribution in [1.29, 1.82) is 0 Å². The SMILES string of the molecule is O=C(CCCC(=O)N/N=C/c1ccc([N+](=O)[O-])o1)N/N=C/c1ccc([N+](=O)[O-])o1. The Bertz CT molecular complexity index is 883. The van der Waals surface area contributed by atoms with E-state index in [2.05, 4.69) is 21.1 Å². The molecule has 0 atom stereocenters. The van der Waals surface area contributed by atoms with Gasteiger partial charge in [-0.05, 0) is 18.6 Å². The quantitative estimate of drug-likeness (QED) is 0.336. The summed E-state index contributed by atoms with van der Waals surface area (Å²) in [5.41, 5.74) is 4.38. The van der Waals surface area contributed by atoms with Gasteiger partial charge >= 0.3 is 11.8 Å². The molecule has 0 spiro atoms. The Morgan fingerprint density at radius 2 is 1.28 bits per heavy atom. The first-order valence-corrected chi connectivity index (χ1v) is 7.97. The molecule has 0 aliphatic heterocycles. The Morgan fingerprint density at radius 3 is 1.62 bits per heavy atom. The zero-order valence-electron chi connectivity index (χ0n) is 14.6. The van der Waals surface area contributed by atoms with E-state index in [-0.39, 0.29) is 30.8 Å². The Hall–Kier alpha value is -4.36. The standard InChI is InChI=1S/C15H14N6O8/c22-12(18-16-8-10-4-6-14(28-10)20(24)25)2-1-3-13(23)19-17-9-11-5-7-15(29-11)21(26)27/h4-9H,1-3H2,(H,18,22)(H,19,23)/b16-8+,17-9+. The van der Waals surface area contributed by atoms with Gasteiger partial charge in [-0.15, -0.1) is 0 Å². The van der Waals surface area contributed by atoms with Crippen LogP contribution in [0.25, 0.3) is 0 Å². The number of nitro groups is 2. The van der Waals surface area contributed by atoms with Crippen molar-refractivity contribution in [3.63, 3.8) is 0 Å². The fraction of sp³-hybridized carbons (Fsp3) is 0.200. The molecule has 2 amide bonds. The second-order valence-electron chi connectivity index (χ2n) is 5.31. The average Bonchev–Trinajstić information content (AvgIpc) is 3.31. The van der Waals surface area contributed by atoms with Gasteiger partial charge in [0.1, 0.15) is 9.85 Å². The van der Waals surface area contributed by atoms with Crippen molar-refractivity contribution in [2.75, 3.05) is 0 Å². The van der Waals surface area contributed by atoms with Gasteiger partial charge in [0.25, 0.3) is 0 Å². The van der Waals surface area contributed by atoms with E-state index in [4.69, 9.17) is 8.83 Å². The molecular formula is C15H14N6O8. The minimum Gasteiger partial charge on any atom is -0.400 e. The van der Waals surface area contributed by atoms with E-state index in [1.54, 1.807) is 0 Å². The van der Waals surface area contributed by atoms with Crippen LogP contribution >= 0.6 is 0 Å². The Labute approximate surface area is 161 Å². The van der Waals surface area contributed by atoms with Crippen molar-refractivity contribution >= 4 is 36.0 Å². The average molecular weight is 406 g/mol. The van der Waals surface area contributed by atoms with Gasteiger partial charge in [0.05, 0.1) is 24.6 Å². The summed E-state index contributed by atoms with van der Waals surface area (Å²) in [6.07, 6.45) is 2.41. The molecule has 0 aromatic carbocycles. The molecule has 0 radical (unpaired) electrons. The molecule has 152 valence electrons. The summed E-state index contributed by atoms with van der Waals surface area (Å²) in [6, 6.07) is 4.94. The summed E-state index contributed by atoms with van der Waals surface area (Å²) >= 11 is 0. The highest BCUT2D eigenvalue weighted by Crippen LogP contribution is 2.14. The van der Waals surface area contributed by atoms with E-state index >= 15 is 0 Å². The lowest BCUT2D eigenvalue weighted by molar-refractivity contribution is -0.402.